The summed E-state index contributed by atoms with van der Waals surface area (Å²) in [6.45, 7) is 7.55. The number of aromatic carboxylic acids is 2. The van der Waals surface area contributed by atoms with E-state index in [1.807, 2.05) is 153 Å². The number of carbonyl (C=O) groups is 8. The molecule has 0 saturated heterocycles. The van der Waals surface area contributed by atoms with Crippen molar-refractivity contribution in [2.45, 2.75) is 47.0 Å². The molecule has 0 amide bonds. The number of rotatable bonds is 23. The Labute approximate surface area is 755 Å². The maximum absolute atomic E-state index is 13.0. The Bertz CT molecular complexity index is 6390. The third-order valence-corrected chi connectivity index (χ3v) is 19.6. The zero-order valence-corrected chi connectivity index (χ0v) is 73.7. The van der Waals surface area contributed by atoms with Crippen molar-refractivity contribution in [1.29, 1.82) is 0 Å². The predicted octanol–water partition coefficient (Wildman–Crippen LogP) is 18.6. The molecule has 130 heavy (non-hydrogen) atoms. The zero-order valence-electron chi connectivity index (χ0n) is 72.1. The highest BCUT2D eigenvalue weighted by atomic mass is 79.9. The number of hydrogen-bond donors (Lipinski definition) is 4. The van der Waals surface area contributed by atoms with Crippen molar-refractivity contribution in [3.63, 3.8) is 0 Å². The number of carbonyl (C=O) groups excluding carboxylic acids is 8. The van der Waals surface area contributed by atoms with Crippen molar-refractivity contribution in [1.82, 2.24) is 18.3 Å². The van der Waals surface area contributed by atoms with Crippen molar-refractivity contribution < 1.29 is 92.1 Å². The molecule has 0 saturated carbocycles. The third kappa shape index (κ3) is 30.8. The summed E-state index contributed by atoms with van der Waals surface area (Å²) in [6.07, 6.45) is 8.77. The van der Waals surface area contributed by atoms with Crippen molar-refractivity contribution in [3.05, 3.63) is 405 Å². The molecule has 0 unspecified atom stereocenters. The molecule has 5 N–H and O–H groups in total. The maximum Gasteiger partial charge on any atom is 0.569 e. The summed E-state index contributed by atoms with van der Waals surface area (Å²) in [5, 5.41) is 56.9. The molecular formula is C98H89BBrN8O22. The van der Waals surface area contributed by atoms with E-state index in [2.05, 4.69) is 73.4 Å². The lowest BCUT2D eigenvalue weighted by Crippen LogP contribution is -2.08. The number of aromatic nitrogens is 4. The molecule has 30 nitrogen and oxygen atoms in total. The van der Waals surface area contributed by atoms with E-state index in [9.17, 15) is 68.7 Å². The number of esters is 2. The number of benzene rings is 10. The molecule has 4 heterocycles. The van der Waals surface area contributed by atoms with Gasteiger partial charge in [-0.15, -0.1) is 0 Å². The number of nitrogens with zero attached hydrogens (tertiary/aromatic N) is 7. The van der Waals surface area contributed by atoms with Crippen LogP contribution in [-0.2, 0) is 66.5 Å². The van der Waals surface area contributed by atoms with Gasteiger partial charge in [0.15, 0.2) is 23.1 Å². The fourth-order valence-electron chi connectivity index (χ4n) is 12.8. The van der Waals surface area contributed by atoms with Gasteiger partial charge in [0, 0.05) is 126 Å². The Morgan fingerprint density at radius 2 is 0.708 bits per heavy atom. The Balaban J connectivity index is 0.000000212. The van der Waals surface area contributed by atoms with Crippen LogP contribution < -0.4 is 10.4 Å². The second kappa shape index (κ2) is 49.3. The van der Waals surface area contributed by atoms with Crippen molar-refractivity contribution >= 4 is 99.5 Å². The SMILES string of the molecule is CC(=O)c1cc(CC(=O)c2cc(C)cn2C)cn1C.COC(=O)c1cccc(-c2ccc(N)cc2)c1.COC(=O)c1cccc(-c2ccc([N+](=O)[O-])cc2)c1.Cc1cccc(-c2ccc(CC(=O)c3cc(CC(=O)c4cc(C)cn4C)cn3C)cc2)c1.O=C(O)c1cccc(-c2ccc([N+](=O)[O-])cc2)c1.O=C(O)c1cccc(O[B]O)c1.O=C=O.O=[N+]([O-])c1ccc(Br)cc1. The number of nitrogen functional groups attached to an aromatic ring is 1. The highest BCUT2D eigenvalue weighted by Crippen LogP contribution is 2.29. The fourth-order valence-corrected chi connectivity index (χ4v) is 13.1. The Hall–Kier alpha value is -16.4. The molecule has 1 radical (unpaired) electrons. The number of carboxylic acids is 2. The number of anilines is 1. The van der Waals surface area contributed by atoms with Gasteiger partial charge in [-0.3, -0.25) is 49.5 Å². The summed E-state index contributed by atoms with van der Waals surface area (Å²) in [4.78, 5) is 139. The van der Waals surface area contributed by atoms with Crippen LogP contribution in [0.3, 0.4) is 0 Å². The highest BCUT2D eigenvalue weighted by molar-refractivity contribution is 9.10. The predicted molar refractivity (Wildman–Crippen MR) is 493 cm³/mol. The third-order valence-electron chi connectivity index (χ3n) is 19.1. The first-order valence-corrected chi connectivity index (χ1v) is 40.0. The Kier molecular flexibility index (Phi) is 38.2. The summed E-state index contributed by atoms with van der Waals surface area (Å²) < 4.78 is 22.0. The molecule has 0 atom stereocenters. The number of nitro groups is 3. The van der Waals surface area contributed by atoms with Gasteiger partial charge in [-0.25, -0.2) is 19.2 Å². The van der Waals surface area contributed by atoms with Gasteiger partial charge in [-0.2, -0.15) is 9.59 Å². The number of hydrogen-bond acceptors (Lipinski definition) is 21. The van der Waals surface area contributed by atoms with E-state index in [4.69, 9.17) is 30.6 Å². The summed E-state index contributed by atoms with van der Waals surface area (Å²) in [7, 11) is 10.6. The topological polar surface area (TPSA) is 434 Å². The number of nitrogens with two attached hydrogens (primary N) is 1. The molecule has 14 aromatic rings. The quantitative estimate of drug-likeness (QED) is 0.0115. The van der Waals surface area contributed by atoms with Gasteiger partial charge >= 0.3 is 37.7 Å². The van der Waals surface area contributed by atoms with Crippen molar-refractivity contribution in [2.75, 3.05) is 20.0 Å². The van der Waals surface area contributed by atoms with E-state index in [1.165, 1.54) is 99.0 Å². The van der Waals surface area contributed by atoms with Gasteiger partial charge in [0.1, 0.15) is 5.75 Å². The zero-order chi connectivity index (χ0) is 95.4. The van der Waals surface area contributed by atoms with E-state index >= 15 is 0 Å². The van der Waals surface area contributed by atoms with Crippen molar-refractivity contribution in [2.24, 2.45) is 28.2 Å². The van der Waals surface area contributed by atoms with Gasteiger partial charge in [0.2, 0.25) is 0 Å². The molecule has 0 spiro atoms. The number of ether oxygens (including phenoxy) is 2. The van der Waals surface area contributed by atoms with Gasteiger partial charge < -0.3 is 53.4 Å². The van der Waals surface area contributed by atoms with E-state index in [0.29, 0.717) is 60.0 Å². The van der Waals surface area contributed by atoms with Gasteiger partial charge in [0.05, 0.1) is 74.0 Å². The largest absolute Gasteiger partial charge is 0.569 e. The summed E-state index contributed by atoms with van der Waals surface area (Å²) in [5.74, 6) is -2.31. The first kappa shape index (κ1) is 101. The van der Waals surface area contributed by atoms with Crippen LogP contribution >= 0.6 is 15.9 Å². The lowest BCUT2D eigenvalue weighted by Gasteiger charge is -2.06. The molecule has 14 rings (SSSR count). The van der Waals surface area contributed by atoms with Gasteiger partial charge in [0.25, 0.3) is 17.1 Å². The molecule has 4 aromatic heterocycles. The number of halogens is 1. The van der Waals surface area contributed by atoms with Crippen LogP contribution in [0.5, 0.6) is 5.75 Å². The first-order valence-electron chi connectivity index (χ1n) is 39.2. The smallest absolute Gasteiger partial charge is 0.537 e. The molecule has 32 heteroatoms. The molecule has 0 aliphatic rings. The van der Waals surface area contributed by atoms with Crippen LogP contribution in [0.4, 0.5) is 22.7 Å². The number of carboxylic acid groups (broad SMARTS) is 2. The van der Waals surface area contributed by atoms with Crippen LogP contribution in [0.15, 0.2) is 296 Å². The lowest BCUT2D eigenvalue weighted by molar-refractivity contribution is -0.385. The second-order valence-corrected chi connectivity index (χ2v) is 29.7. The van der Waals surface area contributed by atoms with Crippen LogP contribution in [0.1, 0.15) is 124 Å². The Morgan fingerprint density at radius 1 is 0.392 bits per heavy atom. The van der Waals surface area contributed by atoms with Crippen LogP contribution in [-0.4, -0.2) is 123 Å². The number of non-ortho nitro benzene ring substituents is 3. The van der Waals surface area contributed by atoms with Crippen LogP contribution in [0, 0.1) is 51.1 Å². The van der Waals surface area contributed by atoms with Gasteiger partial charge in [-0.1, -0.05) is 125 Å². The van der Waals surface area contributed by atoms with E-state index in [-0.39, 0.29) is 75.6 Å². The molecule has 10 aromatic carbocycles. The normalized spacial score (nSPS) is 10.0. The van der Waals surface area contributed by atoms with E-state index in [1.54, 1.807) is 95.6 Å². The summed E-state index contributed by atoms with van der Waals surface area (Å²) >= 11 is 3.17. The van der Waals surface area contributed by atoms with Crippen molar-refractivity contribution in [3.8, 4) is 50.3 Å². The fraction of sp³-hybridized carbons (Fsp3) is 0.133. The number of methoxy groups -OCH3 is 2. The number of Topliss-reactive ketones (excluding diaryl/α,β-unsaturated/α-hetero) is 4. The average Bonchev–Trinajstić information content (AvgIpc) is 1.62. The van der Waals surface area contributed by atoms with Crippen LogP contribution in [0.25, 0.3) is 44.5 Å². The monoisotopic (exact) mass is 1820 g/mol. The number of aryl methyl sites for hydroxylation is 7. The molecular weight excluding hydrogens is 1730 g/mol. The second-order valence-electron chi connectivity index (χ2n) is 28.8. The molecule has 0 fully saturated rings. The standard InChI is InChI=1S/C28H28N2O2.C15H18N2O2.C14H11NO4.C14H13NO2.C13H9NO4.C7H6BO4.C6H4BrNO2.CO2/c1-19-6-5-7-24(12-19)23-10-8-21(9-11-23)15-27(31)26-14-22(18-30(26)4)16-28(32)25-13-20(2)17-29(25)3;1-10-5-14(16(3)8-10)15(19)7-12-6-13(11(2)18)17(4)9-12;1-19-14(16)12-4-2-3-11(9-12)10-5-7-13(8-6-10)15(17)18;1-17-14(16)12-4-2-3-11(9-12)10-5-7-13(15)8-6-10;15-13(16)11-3-1-2-10(8-11)9-4-6-12(7-5-9)14(17)18;9-7(10)5-2-1-3-6(4-5)12-8-11;7-5-1-3-6(4-2-5)8(9)10;2-1-3/h5-14,17-18H,15-16H2,1-4H3;5-6,8-9H,7H2,1-4H3;2-9H,1H3;2-9H,15H2,1H3;1-8H,(H,15,16);1-4,11H,(H,9,10);1-4H;. The van der Waals surface area contributed by atoms with E-state index < -0.39 is 32.7 Å². The minimum absolute atomic E-state index is 0.00754. The summed E-state index contributed by atoms with van der Waals surface area (Å²) in [6, 6.07) is 76.2. The van der Waals surface area contributed by atoms with E-state index in [0.717, 1.165) is 71.4 Å². The number of nitro benzene ring substituents is 3. The highest BCUT2D eigenvalue weighted by Gasteiger charge is 2.20. The first-order chi connectivity index (χ1) is 61.9. The molecule has 0 aliphatic carbocycles. The molecule has 663 valence electrons. The maximum atomic E-state index is 13.0. The average molecular weight is 1820 g/mol. The number of ketones is 4. The minimum atomic E-state index is -1.03. The molecule has 0 aliphatic heterocycles. The molecule has 0 bridgehead atoms. The minimum Gasteiger partial charge on any atom is -0.537 e. The van der Waals surface area contributed by atoms with Crippen LogP contribution in [0.2, 0.25) is 0 Å². The Morgan fingerprint density at radius 3 is 1.06 bits per heavy atom. The lowest BCUT2D eigenvalue weighted by atomic mass is 10.00. The van der Waals surface area contributed by atoms with Gasteiger partial charge in [-0.05, 0) is 220 Å². The summed E-state index contributed by atoms with van der Waals surface area (Å²) in [5.41, 5.74) is 23.9.